The number of benzene rings is 1. The van der Waals surface area contributed by atoms with E-state index in [0.717, 1.165) is 24.7 Å². The van der Waals surface area contributed by atoms with Gasteiger partial charge in [0.05, 0.1) is 11.1 Å². The highest BCUT2D eigenvalue weighted by Gasteiger charge is 2.01. The molecule has 0 spiro atoms. The van der Waals surface area contributed by atoms with Crippen LogP contribution in [0.4, 0.5) is 0 Å². The maximum atomic E-state index is 10.8. The van der Waals surface area contributed by atoms with Crippen LogP contribution in [-0.2, 0) is 0 Å². The molecule has 0 fully saturated rings. The molecule has 1 aromatic carbocycles. The Morgan fingerprint density at radius 1 is 1.37 bits per heavy atom. The van der Waals surface area contributed by atoms with E-state index in [2.05, 4.69) is 19.9 Å². The normalized spacial score (nSPS) is 10.9. The minimum atomic E-state index is 0.490. The van der Waals surface area contributed by atoms with Crippen molar-refractivity contribution in [2.75, 3.05) is 6.61 Å². The molecule has 0 aliphatic carbocycles. The van der Waals surface area contributed by atoms with Crippen molar-refractivity contribution in [2.24, 2.45) is 0 Å². The van der Waals surface area contributed by atoms with Crippen LogP contribution >= 0.6 is 0 Å². The van der Waals surface area contributed by atoms with Gasteiger partial charge in [-0.2, -0.15) is 0 Å². The topological polar surface area (TPSA) is 26.3 Å². The zero-order chi connectivity index (χ0) is 14.1. The zero-order valence-electron chi connectivity index (χ0n) is 11.7. The summed E-state index contributed by atoms with van der Waals surface area (Å²) < 4.78 is 5.59. The lowest BCUT2D eigenvalue weighted by molar-refractivity contribution is 0.112. The summed E-state index contributed by atoms with van der Waals surface area (Å²) in [4.78, 5) is 10.8. The van der Waals surface area contributed by atoms with Crippen molar-refractivity contribution in [1.29, 1.82) is 0 Å². The molecule has 0 atom stereocenters. The van der Waals surface area contributed by atoms with Crippen LogP contribution in [0.2, 0.25) is 0 Å². The van der Waals surface area contributed by atoms with Crippen molar-refractivity contribution in [1.82, 2.24) is 0 Å². The molecule has 0 aliphatic heterocycles. The van der Waals surface area contributed by atoms with Gasteiger partial charge >= 0.3 is 0 Å². The Labute approximate surface area is 115 Å². The monoisotopic (exact) mass is 257 g/mol. The van der Waals surface area contributed by atoms with Gasteiger partial charge in [-0.1, -0.05) is 17.7 Å². The lowest BCUT2D eigenvalue weighted by Crippen LogP contribution is -1.98. The standard InChI is InChI=1S/C17H21O2/c1-14(2)7-6-8-15(3)11-12-19-17-10-5-4-9-16(17)13-18/h4-5,7,9-11,13H,1,6,8,12H2,2-3H3/q+1/b15-11+. The van der Waals surface area contributed by atoms with Crippen molar-refractivity contribution in [3.05, 3.63) is 60.1 Å². The summed E-state index contributed by atoms with van der Waals surface area (Å²) in [5.74, 6) is 0.634. The van der Waals surface area contributed by atoms with E-state index in [1.807, 2.05) is 31.2 Å². The Morgan fingerprint density at radius 3 is 2.79 bits per heavy atom. The maximum Gasteiger partial charge on any atom is 0.153 e. The Hall–Kier alpha value is -1.96. The molecule has 100 valence electrons. The third-order valence-electron chi connectivity index (χ3n) is 2.75. The minimum Gasteiger partial charge on any atom is -0.489 e. The number of hydrogen-bond acceptors (Lipinski definition) is 2. The van der Waals surface area contributed by atoms with Crippen molar-refractivity contribution < 1.29 is 9.53 Å². The van der Waals surface area contributed by atoms with Crippen LogP contribution in [0.3, 0.4) is 0 Å². The summed E-state index contributed by atoms with van der Waals surface area (Å²) in [7, 11) is 0. The molecule has 0 aromatic heterocycles. The van der Waals surface area contributed by atoms with Gasteiger partial charge in [-0.15, -0.1) is 0 Å². The molecule has 0 aliphatic rings. The molecule has 0 amide bonds. The number of hydrogen-bond donors (Lipinski definition) is 0. The van der Waals surface area contributed by atoms with Gasteiger partial charge < -0.3 is 4.74 Å². The molecule has 0 radical (unpaired) electrons. The third kappa shape index (κ3) is 5.96. The molecule has 2 nitrogen and oxygen atoms in total. The molecule has 0 heterocycles. The smallest absolute Gasteiger partial charge is 0.153 e. The van der Waals surface area contributed by atoms with E-state index in [1.165, 1.54) is 5.57 Å². The van der Waals surface area contributed by atoms with E-state index in [0.29, 0.717) is 17.9 Å². The van der Waals surface area contributed by atoms with Crippen LogP contribution in [0.5, 0.6) is 5.75 Å². The fourth-order valence-electron chi connectivity index (χ4n) is 1.63. The third-order valence-corrected chi connectivity index (χ3v) is 2.75. The first-order valence-electron chi connectivity index (χ1n) is 6.45. The second kappa shape index (κ2) is 8.20. The number of ether oxygens (including phenoxy) is 1. The Balaban J connectivity index is 2.39. The molecule has 0 bridgehead atoms. The molecule has 1 aromatic rings. The molecule has 2 heteroatoms. The first kappa shape index (κ1) is 15.1. The highest BCUT2D eigenvalue weighted by molar-refractivity contribution is 5.79. The Morgan fingerprint density at radius 2 is 2.11 bits per heavy atom. The lowest BCUT2D eigenvalue weighted by Gasteiger charge is -2.06. The highest BCUT2D eigenvalue weighted by atomic mass is 16.5. The van der Waals surface area contributed by atoms with Crippen molar-refractivity contribution in [2.45, 2.75) is 26.7 Å². The lowest BCUT2D eigenvalue weighted by atomic mass is 10.1. The summed E-state index contributed by atoms with van der Waals surface area (Å²) in [5.41, 5.74) is 2.97. The number of allylic oxidation sites excluding steroid dienone is 2. The van der Waals surface area contributed by atoms with Crippen LogP contribution in [0.1, 0.15) is 37.0 Å². The van der Waals surface area contributed by atoms with E-state index >= 15 is 0 Å². The van der Waals surface area contributed by atoms with E-state index in [9.17, 15) is 4.79 Å². The predicted molar refractivity (Wildman–Crippen MR) is 79.4 cm³/mol. The van der Waals surface area contributed by atoms with Gasteiger partial charge in [-0.05, 0) is 38.5 Å². The predicted octanol–water partition coefficient (Wildman–Crippen LogP) is 4.38. The Bertz CT molecular complexity index is 458. The SMILES string of the molecule is C=C(C)[CH+]CC/C(C)=C/COc1ccccc1C=O. The maximum absolute atomic E-state index is 10.8. The molecule has 0 unspecified atom stereocenters. The van der Waals surface area contributed by atoms with Crippen LogP contribution < -0.4 is 4.74 Å². The summed E-state index contributed by atoms with van der Waals surface area (Å²) >= 11 is 0. The first-order valence-corrected chi connectivity index (χ1v) is 6.45. The van der Waals surface area contributed by atoms with E-state index in [-0.39, 0.29) is 0 Å². The van der Waals surface area contributed by atoms with Crippen LogP contribution in [0.25, 0.3) is 0 Å². The molecule has 0 saturated heterocycles. The second-order valence-corrected chi connectivity index (χ2v) is 4.61. The van der Waals surface area contributed by atoms with E-state index < -0.39 is 0 Å². The van der Waals surface area contributed by atoms with Gasteiger partial charge in [0.25, 0.3) is 0 Å². The minimum absolute atomic E-state index is 0.490. The van der Waals surface area contributed by atoms with Gasteiger partial charge in [0.15, 0.2) is 6.29 Å². The largest absolute Gasteiger partial charge is 0.489 e. The fourth-order valence-corrected chi connectivity index (χ4v) is 1.63. The van der Waals surface area contributed by atoms with Gasteiger partial charge in [-0.25, -0.2) is 0 Å². The van der Waals surface area contributed by atoms with Crippen LogP contribution in [0, 0.1) is 6.42 Å². The number of carbonyl (C=O) groups is 1. The van der Waals surface area contributed by atoms with Gasteiger partial charge in [0.1, 0.15) is 12.4 Å². The first-order chi connectivity index (χ1) is 9.13. The van der Waals surface area contributed by atoms with Crippen molar-refractivity contribution in [3.63, 3.8) is 0 Å². The number of aldehydes is 1. The molecular formula is C17H21O2+. The summed E-state index contributed by atoms with van der Waals surface area (Å²) in [6, 6.07) is 7.24. The average Bonchev–Trinajstić information content (AvgIpc) is 2.39. The quantitative estimate of drug-likeness (QED) is 0.392. The molecule has 19 heavy (non-hydrogen) atoms. The van der Waals surface area contributed by atoms with Gasteiger partial charge in [-0.3, -0.25) is 4.79 Å². The van der Waals surface area contributed by atoms with Crippen molar-refractivity contribution in [3.8, 4) is 5.75 Å². The molecule has 0 saturated carbocycles. The summed E-state index contributed by atoms with van der Waals surface area (Å²) in [6.07, 6.45) is 7.00. The second-order valence-electron chi connectivity index (χ2n) is 4.61. The van der Waals surface area contributed by atoms with Gasteiger partial charge in [0.2, 0.25) is 0 Å². The Kier molecular flexibility index (Phi) is 6.51. The molecular weight excluding hydrogens is 236 g/mol. The molecule has 0 N–H and O–H groups in total. The average molecular weight is 257 g/mol. The van der Waals surface area contributed by atoms with Crippen molar-refractivity contribution >= 4 is 6.29 Å². The fraction of sp³-hybridized carbons (Fsp3) is 0.294. The van der Waals surface area contributed by atoms with E-state index in [4.69, 9.17) is 4.74 Å². The molecule has 1 rings (SSSR count). The zero-order valence-corrected chi connectivity index (χ0v) is 11.7. The number of carbonyl (C=O) groups excluding carboxylic acids is 1. The number of rotatable bonds is 8. The van der Waals surface area contributed by atoms with Crippen LogP contribution in [0.15, 0.2) is 48.1 Å². The van der Waals surface area contributed by atoms with Gasteiger partial charge in [0, 0.05) is 19.4 Å². The van der Waals surface area contributed by atoms with Crippen LogP contribution in [-0.4, -0.2) is 12.9 Å². The summed E-state index contributed by atoms with van der Waals surface area (Å²) in [5, 5.41) is 0. The highest BCUT2D eigenvalue weighted by Crippen LogP contribution is 2.16. The van der Waals surface area contributed by atoms with E-state index in [1.54, 1.807) is 6.07 Å². The number of para-hydroxylation sites is 1. The summed E-state index contributed by atoms with van der Waals surface area (Å²) in [6.45, 7) is 8.41.